The van der Waals surface area contributed by atoms with E-state index in [1.165, 1.54) is 0 Å². The van der Waals surface area contributed by atoms with E-state index < -0.39 is 13.7 Å². The number of nitrogens with zero attached hydrogens (tertiary/aromatic N) is 1. The fraction of sp³-hybridized carbons (Fsp3) is 0.500. The summed E-state index contributed by atoms with van der Waals surface area (Å²) < 4.78 is 23.2. The van der Waals surface area contributed by atoms with Crippen LogP contribution in [0.25, 0.3) is 0 Å². The molecular formula is C26H37NO5Si. The van der Waals surface area contributed by atoms with Crippen LogP contribution in [0.4, 0.5) is 5.69 Å². The molecule has 1 aliphatic heterocycles. The van der Waals surface area contributed by atoms with Gasteiger partial charge in [-0.05, 0) is 61.8 Å². The molecule has 0 bridgehead atoms. The van der Waals surface area contributed by atoms with Crippen LogP contribution in [0.5, 0.6) is 23.0 Å². The number of benzene rings is 2. The molecule has 7 heteroatoms. The van der Waals surface area contributed by atoms with E-state index >= 15 is 0 Å². The highest BCUT2D eigenvalue weighted by Crippen LogP contribution is 2.55. The highest BCUT2D eigenvalue weighted by Gasteiger charge is 2.56. The largest absolute Gasteiger partial charge is 0.541 e. The zero-order valence-electron chi connectivity index (χ0n) is 21.5. The Bertz CT molecular complexity index is 1040. The van der Waals surface area contributed by atoms with Gasteiger partial charge in [0.05, 0.1) is 38.5 Å². The quantitative estimate of drug-likeness (QED) is 0.355. The second-order valence-corrected chi connectivity index (χ2v) is 15.3. The molecule has 33 heavy (non-hydrogen) atoms. The first-order chi connectivity index (χ1) is 15.3. The molecule has 1 atom stereocenters. The summed E-state index contributed by atoms with van der Waals surface area (Å²) in [7, 11) is 2.76. The topological polar surface area (TPSA) is 57.2 Å². The highest BCUT2D eigenvalue weighted by atomic mass is 28.4. The van der Waals surface area contributed by atoms with Gasteiger partial charge >= 0.3 is 0 Å². The molecule has 1 unspecified atom stereocenters. The molecule has 0 N–H and O–H groups in total. The van der Waals surface area contributed by atoms with Gasteiger partial charge in [-0.2, -0.15) is 0 Å². The van der Waals surface area contributed by atoms with Crippen LogP contribution < -0.4 is 23.5 Å². The van der Waals surface area contributed by atoms with E-state index in [2.05, 4.69) is 33.9 Å². The number of anilines is 1. The average Bonchev–Trinajstić information content (AvgIpc) is 2.75. The van der Waals surface area contributed by atoms with Crippen molar-refractivity contribution in [2.24, 2.45) is 5.41 Å². The molecule has 2 aromatic carbocycles. The highest BCUT2D eigenvalue weighted by molar-refractivity contribution is 6.74. The molecule has 1 amide bonds. The number of ether oxygens (including phenoxy) is 3. The Morgan fingerprint density at radius 3 is 2.06 bits per heavy atom. The van der Waals surface area contributed by atoms with Crippen LogP contribution in [0.2, 0.25) is 18.1 Å². The Morgan fingerprint density at radius 2 is 1.52 bits per heavy atom. The second-order valence-electron chi connectivity index (χ2n) is 10.6. The molecule has 0 radical (unpaired) electrons. The van der Waals surface area contributed by atoms with Gasteiger partial charge < -0.3 is 18.6 Å². The molecule has 3 rings (SSSR count). The lowest BCUT2D eigenvalue weighted by atomic mass is 9.70. The molecule has 1 heterocycles. The summed E-state index contributed by atoms with van der Waals surface area (Å²) in [4.78, 5) is 15.1. The number of hydrogen-bond acceptors (Lipinski definition) is 5. The summed E-state index contributed by atoms with van der Waals surface area (Å²) in [5, 5.41) is 0.0439. The van der Waals surface area contributed by atoms with Crippen LogP contribution in [0.15, 0.2) is 36.4 Å². The monoisotopic (exact) mass is 471 g/mol. The lowest BCUT2D eigenvalue weighted by molar-refractivity contribution is -0.137. The Hall–Kier alpha value is -2.67. The van der Waals surface area contributed by atoms with Gasteiger partial charge in [0.1, 0.15) is 17.2 Å². The van der Waals surface area contributed by atoms with E-state index in [0.29, 0.717) is 17.2 Å². The van der Waals surface area contributed by atoms with Crippen molar-refractivity contribution in [1.29, 1.82) is 0 Å². The van der Waals surface area contributed by atoms with Crippen molar-refractivity contribution in [2.75, 3.05) is 26.2 Å². The summed E-state index contributed by atoms with van der Waals surface area (Å²) in [6.45, 7) is 15.0. The number of hydrogen-bond donors (Lipinski definition) is 0. The van der Waals surface area contributed by atoms with E-state index in [4.69, 9.17) is 18.6 Å². The van der Waals surface area contributed by atoms with Gasteiger partial charge in [-0.3, -0.25) is 9.69 Å². The van der Waals surface area contributed by atoms with Crippen molar-refractivity contribution in [3.05, 3.63) is 42.0 Å². The van der Waals surface area contributed by atoms with Gasteiger partial charge in [-0.25, -0.2) is 0 Å². The van der Waals surface area contributed by atoms with Gasteiger partial charge in [0.2, 0.25) is 5.91 Å². The predicted molar refractivity (Wildman–Crippen MR) is 134 cm³/mol. The number of amides is 1. The molecular weight excluding hydrogens is 434 g/mol. The number of rotatable bonds is 7. The van der Waals surface area contributed by atoms with Crippen LogP contribution in [-0.2, 0) is 4.79 Å². The Kier molecular flexibility index (Phi) is 6.50. The van der Waals surface area contributed by atoms with Crippen LogP contribution in [0, 0.1) is 5.41 Å². The average molecular weight is 472 g/mol. The van der Waals surface area contributed by atoms with Crippen molar-refractivity contribution in [2.45, 2.75) is 58.8 Å². The Labute approximate surface area is 198 Å². The number of carbonyl (C=O) groups excluding carboxylic acids is 1. The lowest BCUT2D eigenvalue weighted by Crippen LogP contribution is -2.61. The molecule has 2 aromatic rings. The molecule has 0 saturated carbocycles. The first-order valence-corrected chi connectivity index (χ1v) is 14.1. The standard InChI is InChI=1S/C26H37NO5Si/c1-25(2,3)33(9,10)32-22-15-17(11-14-20(22)30-7)23-26(4,5)24(28)27(23)19-13-12-18(29-6)16-21(19)31-8/h11-16,23H,1-10H3. The molecule has 6 nitrogen and oxygen atoms in total. The summed E-state index contributed by atoms with van der Waals surface area (Å²) in [5.74, 6) is 2.72. The van der Waals surface area contributed by atoms with Crippen molar-refractivity contribution in [1.82, 2.24) is 0 Å². The van der Waals surface area contributed by atoms with Crippen LogP contribution >= 0.6 is 0 Å². The van der Waals surface area contributed by atoms with Gasteiger partial charge in [0, 0.05) is 6.07 Å². The SMILES string of the molecule is COc1ccc(N2C(=O)C(C)(C)C2c2ccc(OC)c(O[Si](C)(C)C(C)(C)C)c2)c(OC)c1. The molecule has 0 spiro atoms. The normalized spacial score (nSPS) is 17.9. The van der Waals surface area contributed by atoms with E-state index in [9.17, 15) is 4.79 Å². The predicted octanol–water partition coefficient (Wildman–Crippen LogP) is 6.21. The Morgan fingerprint density at radius 1 is 0.879 bits per heavy atom. The zero-order valence-corrected chi connectivity index (χ0v) is 22.5. The van der Waals surface area contributed by atoms with Gasteiger partial charge in [-0.1, -0.05) is 26.8 Å². The Balaban J connectivity index is 2.08. The van der Waals surface area contributed by atoms with Crippen molar-refractivity contribution < 1.29 is 23.4 Å². The van der Waals surface area contributed by atoms with Gasteiger partial charge in [0.15, 0.2) is 5.75 Å². The third-order valence-electron chi connectivity index (χ3n) is 7.03. The number of β-lactam (4-membered cyclic amide) rings is 1. The van der Waals surface area contributed by atoms with Crippen LogP contribution in [-0.4, -0.2) is 35.6 Å². The van der Waals surface area contributed by atoms with E-state index in [-0.39, 0.29) is 17.0 Å². The van der Waals surface area contributed by atoms with E-state index in [1.54, 1.807) is 32.3 Å². The molecule has 1 fully saturated rings. The van der Waals surface area contributed by atoms with Crippen molar-refractivity contribution in [3.8, 4) is 23.0 Å². The third kappa shape index (κ3) is 4.30. The maximum atomic E-state index is 13.2. The third-order valence-corrected chi connectivity index (χ3v) is 11.4. The number of methoxy groups -OCH3 is 3. The minimum Gasteiger partial charge on any atom is -0.541 e. The van der Waals surface area contributed by atoms with Crippen molar-refractivity contribution in [3.63, 3.8) is 0 Å². The number of carbonyl (C=O) groups is 1. The fourth-order valence-corrected chi connectivity index (χ4v) is 4.99. The smallest absolute Gasteiger partial charge is 0.250 e. The maximum Gasteiger partial charge on any atom is 0.250 e. The van der Waals surface area contributed by atoms with Crippen molar-refractivity contribution >= 4 is 19.9 Å². The molecule has 1 aliphatic rings. The maximum absolute atomic E-state index is 13.2. The van der Waals surface area contributed by atoms with Gasteiger partial charge in [0.25, 0.3) is 8.32 Å². The van der Waals surface area contributed by atoms with E-state index in [1.807, 2.05) is 44.2 Å². The second kappa shape index (κ2) is 8.59. The first kappa shape index (κ1) is 25.0. The summed E-state index contributed by atoms with van der Waals surface area (Å²) >= 11 is 0. The minimum atomic E-state index is -2.09. The summed E-state index contributed by atoms with van der Waals surface area (Å²) in [6.07, 6.45) is 0. The minimum absolute atomic E-state index is 0.0404. The molecule has 0 aliphatic carbocycles. The molecule has 180 valence electrons. The molecule has 1 saturated heterocycles. The zero-order chi connectivity index (χ0) is 24.8. The summed E-state index contributed by atoms with van der Waals surface area (Å²) in [6, 6.07) is 11.3. The first-order valence-electron chi connectivity index (χ1n) is 11.2. The summed E-state index contributed by atoms with van der Waals surface area (Å²) in [5.41, 5.74) is 1.13. The molecule has 0 aromatic heterocycles. The fourth-order valence-electron chi connectivity index (χ4n) is 3.97. The van der Waals surface area contributed by atoms with E-state index in [0.717, 1.165) is 17.0 Å². The van der Waals surface area contributed by atoms with Gasteiger partial charge in [-0.15, -0.1) is 0 Å². The van der Waals surface area contributed by atoms with Crippen LogP contribution in [0.3, 0.4) is 0 Å². The van der Waals surface area contributed by atoms with Crippen LogP contribution in [0.1, 0.15) is 46.2 Å². The lowest BCUT2D eigenvalue weighted by Gasteiger charge is -2.53.